The molecule has 0 spiro atoms. The van der Waals surface area contributed by atoms with Gasteiger partial charge in [0.15, 0.2) is 11.6 Å². The van der Waals surface area contributed by atoms with Crippen LogP contribution in [0.4, 0.5) is 0 Å². The molecule has 400 valence electrons. The second-order valence-corrected chi connectivity index (χ2v) is 38.1. The van der Waals surface area contributed by atoms with Gasteiger partial charge in [-0.15, -0.1) is 0 Å². The number of halogens is 3. The van der Waals surface area contributed by atoms with Crippen LogP contribution in [0.15, 0.2) is 139 Å². The van der Waals surface area contributed by atoms with Crippen molar-refractivity contribution >= 4 is 60.4 Å². The summed E-state index contributed by atoms with van der Waals surface area (Å²) in [6.45, 7) is 44.7. The number of Topliss-reactive ketones (excluding diaryl/α,β-unsaturated/α-hetero) is 4. The minimum atomic E-state index is 0.0745. The van der Waals surface area contributed by atoms with E-state index >= 15 is 0 Å². The molecule has 4 nitrogen and oxygen atoms in total. The second kappa shape index (κ2) is 40.2. The summed E-state index contributed by atoms with van der Waals surface area (Å²) in [6, 6.07) is 37.0. The van der Waals surface area contributed by atoms with Crippen molar-refractivity contribution in [1.29, 1.82) is 0 Å². The maximum absolute atomic E-state index is 11.7. The number of carbonyl (C=O) groups excluding carboxylic acids is 4. The predicted octanol–water partition coefficient (Wildman–Crippen LogP) is 17.0. The minimum absolute atomic E-state index is 0.0745. The molecule has 0 N–H and O–H groups in total. The molecule has 0 fully saturated rings. The fourth-order valence-electron chi connectivity index (χ4n) is 5.38. The van der Waals surface area contributed by atoms with E-state index < -0.39 is 0 Å². The second-order valence-electron chi connectivity index (χ2n) is 21.9. The molecule has 0 heterocycles. The van der Waals surface area contributed by atoms with E-state index in [1.165, 1.54) is 27.8 Å². The first-order chi connectivity index (χ1) is 33.3. The Bertz CT molecular complexity index is 2130. The summed E-state index contributed by atoms with van der Waals surface area (Å²) in [6.07, 6.45) is 11.3. The Balaban J connectivity index is -0.000000781. The van der Waals surface area contributed by atoms with Crippen molar-refractivity contribution in [3.8, 4) is 0 Å². The Kier molecular flexibility index (Phi) is 40.9. The van der Waals surface area contributed by atoms with Crippen LogP contribution in [-0.2, 0) is 20.4 Å². The van der Waals surface area contributed by atoms with Crippen molar-refractivity contribution < 1.29 is 32.4 Å². The van der Waals surface area contributed by atoms with Crippen molar-refractivity contribution in [2.75, 3.05) is 0 Å². The molecule has 0 saturated heterocycles. The summed E-state index contributed by atoms with van der Waals surface area (Å²) in [4.78, 5) is 43.6. The molecule has 4 aromatic carbocycles. The van der Waals surface area contributed by atoms with Gasteiger partial charge in [0.1, 0.15) is 23.2 Å². The van der Waals surface area contributed by atoms with Crippen LogP contribution < -0.4 is 13.3 Å². The Morgan fingerprint density at radius 3 is 0.958 bits per heavy atom. The zero-order valence-corrected chi connectivity index (χ0v) is 55.0. The summed E-state index contributed by atoms with van der Waals surface area (Å²) in [5, 5.41) is 0. The van der Waals surface area contributed by atoms with E-state index in [0.717, 1.165) is 11.1 Å². The summed E-state index contributed by atoms with van der Waals surface area (Å²) in [5.74, 6) is 3.33. The number of ketones is 4. The molecule has 72 heavy (non-hydrogen) atoms. The molecule has 1 aliphatic carbocycles. The third-order valence-electron chi connectivity index (χ3n) is 11.0. The molecule has 0 amide bonds. The molecular weight excluding hydrogens is 1230 g/mol. The molecule has 0 bridgehead atoms. The summed E-state index contributed by atoms with van der Waals surface area (Å²) in [7, 11) is 0. The number of rotatable bonds is 9. The van der Waals surface area contributed by atoms with Gasteiger partial charge in [0.2, 0.25) is 0 Å². The Morgan fingerprint density at radius 2 is 0.736 bits per heavy atom. The van der Waals surface area contributed by atoms with E-state index in [4.69, 9.17) is 0 Å². The fourth-order valence-corrected chi connectivity index (χ4v) is 5.38. The first-order valence-electron chi connectivity index (χ1n) is 25.5. The van der Waals surface area contributed by atoms with Crippen LogP contribution >= 0.6 is 37.2 Å². The molecule has 0 aromatic heterocycles. The van der Waals surface area contributed by atoms with Gasteiger partial charge in [0.05, 0.1) is 6.08 Å². The zero-order valence-electron chi connectivity index (χ0n) is 48.5. The number of hydrogen-bond acceptors (Lipinski definition) is 4. The maximum atomic E-state index is 11.7. The normalized spacial score (nSPS) is 11.3. The molecule has 1 aliphatic rings. The quantitative estimate of drug-likeness (QED) is 0.0951. The van der Waals surface area contributed by atoms with Crippen LogP contribution in [0.25, 0.3) is 0 Å². The average Bonchev–Trinajstić information content (AvgIpc) is 3.32. The van der Waals surface area contributed by atoms with Crippen LogP contribution in [0.1, 0.15) is 207 Å². The predicted molar refractivity (Wildman–Crippen MR) is 329 cm³/mol. The average molecular weight is 1320 g/mol. The molecule has 5 rings (SSSR count). The van der Waals surface area contributed by atoms with Gasteiger partial charge in [-0.05, 0) is 58.8 Å². The van der Waals surface area contributed by atoms with Gasteiger partial charge in [-0.3, -0.25) is 19.2 Å². The van der Waals surface area contributed by atoms with Crippen molar-refractivity contribution in [3.05, 3.63) is 179 Å². The molecule has 0 aliphatic heterocycles. The van der Waals surface area contributed by atoms with Gasteiger partial charge >= 0.3 is 50.5 Å². The van der Waals surface area contributed by atoms with Gasteiger partial charge in [-0.2, -0.15) is 0 Å². The van der Waals surface area contributed by atoms with Gasteiger partial charge in [-0.1, -0.05) is 248 Å². The third-order valence-corrected chi connectivity index (χ3v) is 11.0. The summed E-state index contributed by atoms with van der Waals surface area (Å²) < 4.78 is 0. The molecule has 0 saturated carbocycles. The number of carbonyl (C=O) groups is 4. The van der Waals surface area contributed by atoms with E-state index in [-0.39, 0.29) is 52.2 Å². The summed E-state index contributed by atoms with van der Waals surface area (Å²) in [5.41, 5.74) is 8.74. The Labute approximate surface area is 471 Å². The van der Waals surface area contributed by atoms with Crippen LogP contribution in [0.2, 0.25) is 0 Å². The van der Waals surface area contributed by atoms with Crippen molar-refractivity contribution in [3.63, 3.8) is 0 Å². The molecule has 7 heteroatoms. The molecule has 0 atom stereocenters. The van der Waals surface area contributed by atoms with Crippen LogP contribution in [0.3, 0.4) is 0 Å². The molecule has 0 radical (unpaired) electrons. The van der Waals surface area contributed by atoms with Gasteiger partial charge in [0, 0.05) is 58.9 Å². The molecule has 4 aromatic rings. The first-order valence-corrected chi connectivity index (χ1v) is 38.1. The van der Waals surface area contributed by atoms with Crippen LogP contribution in [0.5, 0.6) is 0 Å². The fraction of sp³-hybridized carbons (Fsp3) is 0.477. The van der Waals surface area contributed by atoms with Crippen molar-refractivity contribution in [2.45, 2.75) is 175 Å². The SMILES string of the molecule is CC(=O)C(C)C.CC(=O)C(C)C.CC(C)(C)c1ccccc1.CC(C)C(=O)c1ccc(C(C)(C)C)cc1.CC(C)C(=O)c1ccc(C(C)C)cc1.CC(C)C1=CC=CC=[C+]1.CC(C)c1ccccc1.I[I-]I. The first kappa shape index (κ1) is 73.1. The van der Waals surface area contributed by atoms with Crippen molar-refractivity contribution in [2.24, 2.45) is 29.6 Å². The van der Waals surface area contributed by atoms with E-state index in [2.05, 4.69) is 199 Å². The number of allylic oxidation sites excluding steroid dienone is 6. The van der Waals surface area contributed by atoms with Crippen LogP contribution in [0, 0.1) is 35.7 Å². The van der Waals surface area contributed by atoms with Crippen molar-refractivity contribution in [1.82, 2.24) is 0 Å². The standard InChI is InChI=1S/C14H20O.C13H18O.C10H14.C9H12.C9H11.2C5H10O.I3/c1-10(2)13(15)11-6-8-12(9-7-11)14(3,4)5;1-9(2)11-5-7-12(8-6-11)13(14)10(3)4;1-10(2,3)9-7-5-4-6-8-9;2*1-8(2)9-6-4-3-5-7-9;2*1-4(2)5(3)6;1-3-2/h6-10H,1-5H3;5-10H,1-4H3;4-8H,1-3H3;3-8H,1-2H3;3-6,8H,1-2H3;2*4H,1-3H3;/q;;;;+1;;;-1. The number of hydrogen-bond donors (Lipinski definition) is 0. The Hall–Kier alpha value is -3.12. The molecule has 0 unspecified atom stereocenters. The third kappa shape index (κ3) is 36.7. The molecular formula is C65H95I3O4. The van der Waals surface area contributed by atoms with Gasteiger partial charge < -0.3 is 0 Å². The van der Waals surface area contributed by atoms with E-state index in [9.17, 15) is 19.2 Å². The monoisotopic (exact) mass is 1320 g/mol. The summed E-state index contributed by atoms with van der Waals surface area (Å²) >= 11 is 5.30. The van der Waals surface area contributed by atoms with E-state index in [1.807, 2.05) is 116 Å². The van der Waals surface area contributed by atoms with Gasteiger partial charge in [-0.25, -0.2) is 0 Å². The van der Waals surface area contributed by atoms with Crippen LogP contribution in [-0.4, -0.2) is 23.1 Å². The Morgan fingerprint density at radius 1 is 0.431 bits per heavy atom. The zero-order chi connectivity index (χ0) is 56.4. The number of benzene rings is 4. The van der Waals surface area contributed by atoms with E-state index in [1.54, 1.807) is 13.8 Å². The van der Waals surface area contributed by atoms with Gasteiger partial charge in [0.25, 0.3) is 0 Å². The van der Waals surface area contributed by atoms with E-state index in [0.29, 0.717) is 36.4 Å². The topological polar surface area (TPSA) is 68.3 Å².